The number of aromatic nitrogens is 2. The van der Waals surface area contributed by atoms with Gasteiger partial charge in [0.05, 0.1) is 18.1 Å². The van der Waals surface area contributed by atoms with Crippen LogP contribution >= 0.6 is 0 Å². The van der Waals surface area contributed by atoms with E-state index in [1.165, 1.54) is 23.6 Å². The van der Waals surface area contributed by atoms with Crippen molar-refractivity contribution in [1.82, 2.24) is 14.9 Å². The number of rotatable bonds is 5. The molecule has 2 amide bonds. The fourth-order valence-corrected chi connectivity index (χ4v) is 1.56. The first-order valence-electron chi connectivity index (χ1n) is 5.68. The van der Waals surface area contributed by atoms with Gasteiger partial charge in [0.2, 0.25) is 0 Å². The van der Waals surface area contributed by atoms with E-state index in [0.717, 1.165) is 12.8 Å². The van der Waals surface area contributed by atoms with Gasteiger partial charge >= 0.3 is 12.0 Å². The lowest BCUT2D eigenvalue weighted by Crippen LogP contribution is -2.40. The molecule has 1 aromatic rings. The number of urea groups is 1. The van der Waals surface area contributed by atoms with Crippen LogP contribution in [0.2, 0.25) is 0 Å². The maximum Gasteiger partial charge on any atom is 0.323 e. The van der Waals surface area contributed by atoms with Crippen molar-refractivity contribution >= 4 is 17.7 Å². The number of carboxylic acid groups (broad SMARTS) is 1. The normalized spacial score (nSPS) is 14.0. The van der Waals surface area contributed by atoms with Crippen molar-refractivity contribution in [2.45, 2.75) is 12.8 Å². The molecule has 1 heterocycles. The van der Waals surface area contributed by atoms with Crippen LogP contribution < -0.4 is 5.32 Å². The first-order chi connectivity index (χ1) is 8.65. The molecule has 1 aromatic heterocycles. The smallest absolute Gasteiger partial charge is 0.323 e. The van der Waals surface area contributed by atoms with E-state index in [1.807, 2.05) is 0 Å². The summed E-state index contributed by atoms with van der Waals surface area (Å²) >= 11 is 0. The second-order valence-corrected chi connectivity index (χ2v) is 4.27. The zero-order valence-corrected chi connectivity index (χ0v) is 9.74. The highest BCUT2D eigenvalue weighted by atomic mass is 16.4. The Kier molecular flexibility index (Phi) is 3.71. The third-order valence-corrected chi connectivity index (χ3v) is 2.60. The van der Waals surface area contributed by atoms with Gasteiger partial charge < -0.3 is 15.3 Å². The topological polar surface area (TPSA) is 95.4 Å². The Morgan fingerprint density at radius 3 is 2.61 bits per heavy atom. The van der Waals surface area contributed by atoms with Crippen molar-refractivity contribution in [2.24, 2.45) is 5.92 Å². The van der Waals surface area contributed by atoms with Gasteiger partial charge in [-0.05, 0) is 18.8 Å². The van der Waals surface area contributed by atoms with E-state index in [0.29, 0.717) is 18.2 Å². The summed E-state index contributed by atoms with van der Waals surface area (Å²) < 4.78 is 0. The quantitative estimate of drug-likeness (QED) is 0.806. The average Bonchev–Trinajstić information content (AvgIpc) is 3.13. The van der Waals surface area contributed by atoms with E-state index >= 15 is 0 Å². The molecular weight excluding hydrogens is 236 g/mol. The minimum absolute atomic E-state index is 0.296. The molecule has 2 N–H and O–H groups in total. The van der Waals surface area contributed by atoms with E-state index in [-0.39, 0.29) is 6.54 Å². The molecule has 7 nitrogen and oxygen atoms in total. The van der Waals surface area contributed by atoms with Crippen molar-refractivity contribution in [1.29, 1.82) is 0 Å². The lowest BCUT2D eigenvalue weighted by atomic mass is 10.3. The van der Waals surface area contributed by atoms with E-state index in [2.05, 4.69) is 15.3 Å². The maximum atomic E-state index is 11.9. The zero-order valence-electron chi connectivity index (χ0n) is 9.74. The molecule has 0 aromatic carbocycles. The first-order valence-corrected chi connectivity index (χ1v) is 5.68. The second-order valence-electron chi connectivity index (χ2n) is 4.27. The van der Waals surface area contributed by atoms with Gasteiger partial charge in [-0.25, -0.2) is 14.8 Å². The summed E-state index contributed by atoms with van der Waals surface area (Å²) in [5, 5.41) is 11.4. The maximum absolute atomic E-state index is 11.9. The fourth-order valence-electron chi connectivity index (χ4n) is 1.56. The third kappa shape index (κ3) is 3.69. The van der Waals surface area contributed by atoms with Crippen LogP contribution in [0.4, 0.5) is 10.5 Å². The number of amides is 2. The average molecular weight is 250 g/mol. The minimum atomic E-state index is -1.02. The monoisotopic (exact) mass is 250 g/mol. The summed E-state index contributed by atoms with van der Waals surface area (Å²) in [5.41, 5.74) is 0.452. The predicted molar refractivity (Wildman–Crippen MR) is 63.0 cm³/mol. The van der Waals surface area contributed by atoms with Crippen LogP contribution in [0.15, 0.2) is 18.7 Å². The van der Waals surface area contributed by atoms with Crippen molar-refractivity contribution in [3.05, 3.63) is 18.7 Å². The van der Waals surface area contributed by atoms with E-state index < -0.39 is 12.0 Å². The number of hydrogen-bond acceptors (Lipinski definition) is 4. The molecular formula is C11H14N4O3. The van der Waals surface area contributed by atoms with Gasteiger partial charge in [-0.3, -0.25) is 4.79 Å². The van der Waals surface area contributed by atoms with Crippen LogP contribution in [0, 0.1) is 5.92 Å². The fraction of sp³-hybridized carbons (Fsp3) is 0.455. The van der Waals surface area contributed by atoms with Crippen LogP contribution in [0.5, 0.6) is 0 Å². The minimum Gasteiger partial charge on any atom is -0.480 e. The first kappa shape index (κ1) is 12.3. The van der Waals surface area contributed by atoms with Crippen LogP contribution in [0.1, 0.15) is 12.8 Å². The number of nitrogens with one attached hydrogen (secondary N) is 1. The molecule has 0 atom stereocenters. The molecule has 0 bridgehead atoms. The number of carboxylic acids is 1. The van der Waals surface area contributed by atoms with E-state index in [4.69, 9.17) is 5.11 Å². The number of aliphatic carboxylic acids is 1. The molecule has 96 valence electrons. The molecule has 18 heavy (non-hydrogen) atoms. The van der Waals surface area contributed by atoms with Crippen LogP contribution in [-0.4, -0.2) is 45.1 Å². The number of anilines is 1. The van der Waals surface area contributed by atoms with Gasteiger partial charge in [-0.15, -0.1) is 0 Å². The van der Waals surface area contributed by atoms with Crippen LogP contribution in [0.25, 0.3) is 0 Å². The Morgan fingerprint density at radius 2 is 2.06 bits per heavy atom. The molecule has 0 unspecified atom stereocenters. The SMILES string of the molecule is O=C(O)CN(CC1CC1)C(=O)Nc1cncnc1. The highest BCUT2D eigenvalue weighted by Gasteiger charge is 2.28. The Bertz CT molecular complexity index is 433. The Labute approximate surface area is 104 Å². The number of hydrogen-bond donors (Lipinski definition) is 2. The second kappa shape index (κ2) is 5.44. The summed E-state index contributed by atoms with van der Waals surface area (Å²) in [4.78, 5) is 31.5. The standard InChI is InChI=1S/C11H14N4O3/c16-10(17)6-15(5-8-1-2-8)11(18)14-9-3-12-7-13-4-9/h3-4,7-8H,1-2,5-6H2,(H,14,18)(H,16,17). The third-order valence-electron chi connectivity index (χ3n) is 2.60. The summed E-state index contributed by atoms with van der Waals surface area (Å²) in [7, 11) is 0. The van der Waals surface area contributed by atoms with E-state index in [1.54, 1.807) is 0 Å². The van der Waals surface area contributed by atoms with E-state index in [9.17, 15) is 9.59 Å². The molecule has 0 aliphatic heterocycles. The van der Waals surface area contributed by atoms with Gasteiger partial charge in [-0.2, -0.15) is 0 Å². The zero-order chi connectivity index (χ0) is 13.0. The number of nitrogens with zero attached hydrogens (tertiary/aromatic N) is 3. The Balaban J connectivity index is 1.95. The molecule has 7 heteroatoms. The summed E-state index contributed by atoms with van der Waals surface area (Å²) in [6.07, 6.45) is 6.38. The largest absolute Gasteiger partial charge is 0.480 e. The number of carbonyl (C=O) groups is 2. The van der Waals surface area contributed by atoms with Gasteiger partial charge in [0.1, 0.15) is 12.9 Å². The molecule has 0 radical (unpaired) electrons. The van der Waals surface area contributed by atoms with Crippen molar-refractivity contribution in [2.75, 3.05) is 18.4 Å². The summed E-state index contributed by atoms with van der Waals surface area (Å²) in [5.74, 6) is -0.586. The molecule has 1 saturated carbocycles. The predicted octanol–water partition coefficient (Wildman–Crippen LogP) is 0.805. The van der Waals surface area contributed by atoms with Crippen molar-refractivity contribution in [3.8, 4) is 0 Å². The molecule has 1 fully saturated rings. The van der Waals surface area contributed by atoms with Gasteiger partial charge in [0, 0.05) is 6.54 Å². The molecule has 0 spiro atoms. The highest BCUT2D eigenvalue weighted by molar-refractivity contribution is 5.91. The van der Waals surface area contributed by atoms with Crippen molar-refractivity contribution in [3.63, 3.8) is 0 Å². The molecule has 0 saturated heterocycles. The summed E-state index contributed by atoms with van der Waals surface area (Å²) in [6.45, 7) is 0.182. The van der Waals surface area contributed by atoms with Crippen LogP contribution in [0.3, 0.4) is 0 Å². The molecule has 2 rings (SSSR count). The highest BCUT2D eigenvalue weighted by Crippen LogP contribution is 2.29. The molecule has 1 aliphatic carbocycles. The van der Waals surface area contributed by atoms with Gasteiger partial charge in [0.15, 0.2) is 0 Å². The lowest BCUT2D eigenvalue weighted by Gasteiger charge is -2.20. The Hall–Kier alpha value is -2.18. The van der Waals surface area contributed by atoms with Gasteiger partial charge in [-0.1, -0.05) is 0 Å². The lowest BCUT2D eigenvalue weighted by molar-refractivity contribution is -0.137. The summed E-state index contributed by atoms with van der Waals surface area (Å²) in [6, 6.07) is -0.431. The van der Waals surface area contributed by atoms with Crippen molar-refractivity contribution < 1.29 is 14.7 Å². The molecule has 1 aliphatic rings. The van der Waals surface area contributed by atoms with Gasteiger partial charge in [0.25, 0.3) is 0 Å². The van der Waals surface area contributed by atoms with Crippen LogP contribution in [-0.2, 0) is 4.79 Å². The number of carbonyl (C=O) groups excluding carboxylic acids is 1. The Morgan fingerprint density at radius 1 is 1.39 bits per heavy atom.